The first-order valence-corrected chi connectivity index (χ1v) is 8.51. The maximum Gasteiger partial charge on any atom is 0.0660 e. The molecule has 1 aliphatic rings. The fraction of sp³-hybridized carbons (Fsp3) is 0.526. The van der Waals surface area contributed by atoms with Gasteiger partial charge in [-0.2, -0.15) is 5.10 Å². The van der Waals surface area contributed by atoms with Crippen molar-refractivity contribution in [2.75, 3.05) is 13.1 Å². The average Bonchev–Trinajstić information content (AvgIpc) is 2.91. The van der Waals surface area contributed by atoms with Crippen LogP contribution in [-0.4, -0.2) is 22.9 Å². The molecular weight excluding hydrogens is 270 g/mol. The van der Waals surface area contributed by atoms with Crippen molar-refractivity contribution >= 4 is 0 Å². The number of hydrogen-bond donors (Lipinski definition) is 1. The lowest BCUT2D eigenvalue weighted by Crippen LogP contribution is -2.39. The smallest absolute Gasteiger partial charge is 0.0660 e. The van der Waals surface area contributed by atoms with Gasteiger partial charge < -0.3 is 5.32 Å². The highest BCUT2D eigenvalue weighted by Crippen LogP contribution is 2.27. The Bertz CT molecular complexity index is 621. The molecule has 3 heteroatoms. The third-order valence-corrected chi connectivity index (χ3v) is 4.86. The SMILES string of the molecule is CCC(C)c1cc(C(C)C)n(-c2ccc(C3CNC3)cc2)n1. The Labute approximate surface area is 133 Å². The van der Waals surface area contributed by atoms with Gasteiger partial charge >= 0.3 is 0 Å². The van der Waals surface area contributed by atoms with Crippen LogP contribution in [0.1, 0.15) is 68.8 Å². The second-order valence-corrected chi connectivity index (χ2v) is 6.82. The van der Waals surface area contributed by atoms with Crippen LogP contribution in [0, 0.1) is 0 Å². The summed E-state index contributed by atoms with van der Waals surface area (Å²) in [5, 5.41) is 8.22. The van der Waals surface area contributed by atoms with Crippen molar-refractivity contribution in [2.24, 2.45) is 0 Å². The molecule has 1 unspecified atom stereocenters. The fourth-order valence-corrected chi connectivity index (χ4v) is 2.89. The molecule has 2 aromatic rings. The van der Waals surface area contributed by atoms with Crippen LogP contribution in [0.4, 0.5) is 0 Å². The molecule has 0 amide bonds. The number of benzene rings is 1. The van der Waals surface area contributed by atoms with Crippen LogP contribution in [0.15, 0.2) is 30.3 Å². The number of hydrogen-bond acceptors (Lipinski definition) is 2. The molecule has 3 rings (SSSR count). The fourth-order valence-electron chi connectivity index (χ4n) is 2.89. The number of nitrogens with one attached hydrogen (secondary N) is 1. The minimum Gasteiger partial charge on any atom is -0.315 e. The van der Waals surface area contributed by atoms with Crippen LogP contribution < -0.4 is 5.32 Å². The van der Waals surface area contributed by atoms with Crippen LogP contribution in [0.5, 0.6) is 0 Å². The Morgan fingerprint density at radius 1 is 1.18 bits per heavy atom. The second kappa shape index (κ2) is 6.25. The lowest BCUT2D eigenvalue weighted by atomic mass is 9.94. The summed E-state index contributed by atoms with van der Waals surface area (Å²) in [6.45, 7) is 11.2. The summed E-state index contributed by atoms with van der Waals surface area (Å²) in [6, 6.07) is 11.2. The minimum atomic E-state index is 0.473. The van der Waals surface area contributed by atoms with Crippen LogP contribution >= 0.6 is 0 Å². The first-order chi connectivity index (χ1) is 10.6. The van der Waals surface area contributed by atoms with Gasteiger partial charge in [0.05, 0.1) is 11.4 Å². The van der Waals surface area contributed by atoms with Crippen molar-refractivity contribution in [3.63, 3.8) is 0 Å². The summed E-state index contributed by atoms with van der Waals surface area (Å²) in [6.07, 6.45) is 1.13. The lowest BCUT2D eigenvalue weighted by Gasteiger charge is -2.27. The van der Waals surface area contributed by atoms with Crippen LogP contribution in [0.3, 0.4) is 0 Å². The van der Waals surface area contributed by atoms with E-state index < -0.39 is 0 Å². The number of aromatic nitrogens is 2. The Morgan fingerprint density at radius 3 is 2.36 bits per heavy atom. The summed E-state index contributed by atoms with van der Waals surface area (Å²) >= 11 is 0. The van der Waals surface area contributed by atoms with E-state index >= 15 is 0 Å². The molecule has 1 saturated heterocycles. The summed E-state index contributed by atoms with van der Waals surface area (Å²) < 4.78 is 2.13. The van der Waals surface area contributed by atoms with Gasteiger partial charge in [0.25, 0.3) is 0 Å². The number of nitrogens with zero attached hydrogens (tertiary/aromatic N) is 2. The summed E-state index contributed by atoms with van der Waals surface area (Å²) in [7, 11) is 0. The first-order valence-electron chi connectivity index (χ1n) is 8.51. The van der Waals surface area contributed by atoms with E-state index in [-0.39, 0.29) is 0 Å². The Balaban J connectivity index is 1.93. The predicted octanol–water partition coefficient (Wildman–Crippen LogP) is 4.20. The highest BCUT2D eigenvalue weighted by atomic mass is 15.3. The molecule has 2 heterocycles. The molecule has 22 heavy (non-hydrogen) atoms. The molecule has 118 valence electrons. The molecule has 1 fully saturated rings. The molecular formula is C19H27N3. The normalized spacial score (nSPS) is 16.8. The number of rotatable bonds is 5. The lowest BCUT2D eigenvalue weighted by molar-refractivity contribution is 0.448. The van der Waals surface area contributed by atoms with Gasteiger partial charge in [-0.15, -0.1) is 0 Å². The molecule has 1 atom stereocenters. The van der Waals surface area contributed by atoms with E-state index in [0.29, 0.717) is 17.8 Å². The van der Waals surface area contributed by atoms with Crippen molar-refractivity contribution in [1.29, 1.82) is 0 Å². The van der Waals surface area contributed by atoms with E-state index in [4.69, 9.17) is 5.10 Å². The van der Waals surface area contributed by atoms with Gasteiger partial charge in [0.2, 0.25) is 0 Å². The zero-order valence-electron chi connectivity index (χ0n) is 14.1. The third-order valence-electron chi connectivity index (χ3n) is 4.86. The molecule has 0 spiro atoms. The standard InChI is InChI=1S/C19H27N3/c1-5-14(4)18-10-19(13(2)3)22(21-18)17-8-6-15(7-9-17)16-11-20-12-16/h6-10,13-14,16,20H,5,11-12H2,1-4H3. The third kappa shape index (κ3) is 2.82. The zero-order valence-corrected chi connectivity index (χ0v) is 14.1. The monoisotopic (exact) mass is 297 g/mol. The van der Waals surface area contributed by atoms with Gasteiger partial charge in [-0.05, 0) is 42.0 Å². The van der Waals surface area contributed by atoms with Gasteiger partial charge in [0.15, 0.2) is 0 Å². The van der Waals surface area contributed by atoms with Crippen molar-refractivity contribution in [3.05, 3.63) is 47.3 Å². The predicted molar refractivity (Wildman–Crippen MR) is 92.0 cm³/mol. The maximum absolute atomic E-state index is 4.89. The van der Waals surface area contributed by atoms with Gasteiger partial charge in [-0.3, -0.25) is 0 Å². The van der Waals surface area contributed by atoms with Gasteiger partial charge in [-0.25, -0.2) is 4.68 Å². The molecule has 0 radical (unpaired) electrons. The van der Waals surface area contributed by atoms with E-state index in [0.717, 1.165) is 19.5 Å². The highest BCUT2D eigenvalue weighted by Gasteiger charge is 2.19. The molecule has 0 aliphatic carbocycles. The molecule has 0 bridgehead atoms. The zero-order chi connectivity index (χ0) is 15.7. The Kier molecular flexibility index (Phi) is 4.34. The van der Waals surface area contributed by atoms with Gasteiger partial charge in [0, 0.05) is 24.7 Å². The van der Waals surface area contributed by atoms with Crippen molar-refractivity contribution in [2.45, 2.75) is 51.9 Å². The van der Waals surface area contributed by atoms with E-state index in [1.165, 1.54) is 22.6 Å². The van der Waals surface area contributed by atoms with Crippen molar-refractivity contribution in [3.8, 4) is 5.69 Å². The summed E-state index contributed by atoms with van der Waals surface area (Å²) in [4.78, 5) is 0. The minimum absolute atomic E-state index is 0.473. The largest absolute Gasteiger partial charge is 0.315 e. The molecule has 1 aromatic carbocycles. The van der Waals surface area contributed by atoms with E-state index in [2.05, 4.69) is 68.0 Å². The highest BCUT2D eigenvalue weighted by molar-refractivity contribution is 5.39. The molecule has 3 nitrogen and oxygen atoms in total. The molecule has 1 aromatic heterocycles. The summed E-state index contributed by atoms with van der Waals surface area (Å²) in [5.74, 6) is 1.67. The Morgan fingerprint density at radius 2 is 1.86 bits per heavy atom. The van der Waals surface area contributed by atoms with Gasteiger partial charge in [0.1, 0.15) is 0 Å². The Hall–Kier alpha value is -1.61. The van der Waals surface area contributed by atoms with E-state index in [9.17, 15) is 0 Å². The van der Waals surface area contributed by atoms with Crippen LogP contribution in [0.25, 0.3) is 5.69 Å². The molecule has 0 saturated carbocycles. The second-order valence-electron chi connectivity index (χ2n) is 6.82. The van der Waals surface area contributed by atoms with Crippen molar-refractivity contribution in [1.82, 2.24) is 15.1 Å². The van der Waals surface area contributed by atoms with Gasteiger partial charge in [-0.1, -0.05) is 39.8 Å². The van der Waals surface area contributed by atoms with Crippen LogP contribution in [-0.2, 0) is 0 Å². The van der Waals surface area contributed by atoms with Crippen LogP contribution in [0.2, 0.25) is 0 Å². The first kappa shape index (κ1) is 15.3. The topological polar surface area (TPSA) is 29.9 Å². The quantitative estimate of drug-likeness (QED) is 0.896. The molecule has 1 N–H and O–H groups in total. The maximum atomic E-state index is 4.89. The van der Waals surface area contributed by atoms with Crippen molar-refractivity contribution < 1.29 is 0 Å². The van der Waals surface area contributed by atoms with E-state index in [1.54, 1.807) is 0 Å². The molecule has 1 aliphatic heterocycles. The average molecular weight is 297 g/mol. The summed E-state index contributed by atoms with van der Waals surface area (Å²) in [5.41, 5.74) is 5.11. The van der Waals surface area contributed by atoms with E-state index in [1.807, 2.05) is 0 Å².